The fraction of sp³-hybridized carbons (Fsp3) is 0.471. The summed E-state index contributed by atoms with van der Waals surface area (Å²) in [6.45, 7) is 5.16. The lowest BCUT2D eigenvalue weighted by Gasteiger charge is -2.21. The molecule has 1 unspecified atom stereocenters. The van der Waals surface area contributed by atoms with Gasteiger partial charge in [-0.15, -0.1) is 0 Å². The monoisotopic (exact) mass is 363 g/mol. The van der Waals surface area contributed by atoms with Crippen molar-refractivity contribution in [2.45, 2.75) is 32.7 Å². The number of ether oxygens (including phenoxy) is 1. The molecule has 0 saturated heterocycles. The molecule has 134 valence electrons. The standard InChI is InChI=1S/C17H22ClN5O2/c1-4-10-5-20-12(9(2)14(10)25-3)7-23-6-11(8-24)13-15(18)21-17(19)22-16(13)23/h5,11,24H,4,6-8H2,1-3H3,(H2,19,21,22). The molecule has 3 N–H and O–H groups in total. The van der Waals surface area contributed by atoms with Crippen molar-refractivity contribution in [3.63, 3.8) is 0 Å². The van der Waals surface area contributed by atoms with E-state index in [1.807, 2.05) is 18.0 Å². The lowest BCUT2D eigenvalue weighted by Crippen LogP contribution is -2.24. The van der Waals surface area contributed by atoms with Crippen molar-refractivity contribution in [3.05, 3.63) is 33.7 Å². The second kappa shape index (κ2) is 7.01. The molecule has 0 bridgehead atoms. The number of nitrogens with zero attached hydrogens (tertiary/aromatic N) is 4. The fourth-order valence-electron chi connectivity index (χ4n) is 3.33. The Morgan fingerprint density at radius 1 is 1.44 bits per heavy atom. The predicted molar refractivity (Wildman–Crippen MR) is 97.2 cm³/mol. The van der Waals surface area contributed by atoms with E-state index in [2.05, 4.69) is 21.9 Å². The Bertz CT molecular complexity index is 799. The minimum Gasteiger partial charge on any atom is -0.496 e. The molecule has 3 rings (SSSR count). The Kier molecular flexibility index (Phi) is 4.96. The van der Waals surface area contributed by atoms with Crippen LogP contribution in [-0.4, -0.2) is 40.3 Å². The summed E-state index contributed by atoms with van der Waals surface area (Å²) in [6.07, 6.45) is 2.71. The number of aliphatic hydroxyl groups excluding tert-OH is 1. The van der Waals surface area contributed by atoms with E-state index in [1.54, 1.807) is 7.11 Å². The zero-order valence-electron chi connectivity index (χ0n) is 14.6. The number of halogens is 1. The molecule has 0 saturated carbocycles. The van der Waals surface area contributed by atoms with Gasteiger partial charge in [0.2, 0.25) is 5.95 Å². The number of rotatable bonds is 5. The molecule has 0 fully saturated rings. The number of aromatic nitrogens is 3. The van der Waals surface area contributed by atoms with Gasteiger partial charge in [0.15, 0.2) is 0 Å². The zero-order valence-corrected chi connectivity index (χ0v) is 15.3. The second-order valence-electron chi connectivity index (χ2n) is 6.11. The Hall–Kier alpha value is -2.12. The van der Waals surface area contributed by atoms with Gasteiger partial charge in [-0.05, 0) is 13.3 Å². The van der Waals surface area contributed by atoms with E-state index in [0.29, 0.717) is 24.1 Å². The van der Waals surface area contributed by atoms with Gasteiger partial charge in [-0.1, -0.05) is 18.5 Å². The molecule has 8 heteroatoms. The summed E-state index contributed by atoms with van der Waals surface area (Å²) in [7, 11) is 1.67. The van der Waals surface area contributed by atoms with Crippen LogP contribution in [0.25, 0.3) is 0 Å². The molecule has 0 radical (unpaired) electrons. The summed E-state index contributed by atoms with van der Waals surface area (Å²) >= 11 is 6.23. The molecule has 2 aromatic heterocycles. The van der Waals surface area contributed by atoms with Crippen LogP contribution in [0.1, 0.15) is 35.2 Å². The number of aliphatic hydroxyl groups is 1. The predicted octanol–water partition coefficient (Wildman–Crippen LogP) is 2.08. The van der Waals surface area contributed by atoms with Crippen LogP contribution in [0.3, 0.4) is 0 Å². The summed E-state index contributed by atoms with van der Waals surface area (Å²) < 4.78 is 5.56. The van der Waals surface area contributed by atoms with E-state index in [0.717, 1.165) is 34.6 Å². The van der Waals surface area contributed by atoms with Crippen LogP contribution < -0.4 is 15.4 Å². The van der Waals surface area contributed by atoms with E-state index in [9.17, 15) is 5.11 Å². The minimum atomic E-state index is -0.139. The van der Waals surface area contributed by atoms with Crippen molar-refractivity contribution in [1.29, 1.82) is 0 Å². The van der Waals surface area contributed by atoms with E-state index in [4.69, 9.17) is 22.1 Å². The molecule has 0 aromatic carbocycles. The molecule has 0 spiro atoms. The van der Waals surface area contributed by atoms with Gasteiger partial charge >= 0.3 is 0 Å². The highest BCUT2D eigenvalue weighted by Gasteiger charge is 2.33. The van der Waals surface area contributed by atoms with Crippen LogP contribution >= 0.6 is 11.6 Å². The van der Waals surface area contributed by atoms with E-state index in [-0.39, 0.29) is 18.5 Å². The molecule has 1 aliphatic heterocycles. The Balaban J connectivity index is 1.98. The third-order valence-electron chi connectivity index (χ3n) is 4.63. The van der Waals surface area contributed by atoms with Crippen molar-refractivity contribution < 1.29 is 9.84 Å². The van der Waals surface area contributed by atoms with E-state index >= 15 is 0 Å². The lowest BCUT2D eigenvalue weighted by atomic mass is 10.1. The Labute approximate surface area is 151 Å². The SMILES string of the molecule is CCc1cnc(CN2CC(CO)c3c(Cl)nc(N)nc32)c(C)c1OC. The smallest absolute Gasteiger partial charge is 0.223 e. The van der Waals surface area contributed by atoms with Crippen LogP contribution in [0, 0.1) is 6.92 Å². The highest BCUT2D eigenvalue weighted by molar-refractivity contribution is 6.30. The topological polar surface area (TPSA) is 97.4 Å². The van der Waals surface area contributed by atoms with Gasteiger partial charge in [0.25, 0.3) is 0 Å². The van der Waals surface area contributed by atoms with Crippen LogP contribution in [0.2, 0.25) is 5.15 Å². The van der Waals surface area contributed by atoms with E-state index in [1.165, 1.54) is 0 Å². The Morgan fingerprint density at radius 3 is 2.84 bits per heavy atom. The summed E-state index contributed by atoms with van der Waals surface area (Å²) in [5.74, 6) is 1.51. The van der Waals surface area contributed by atoms with Crippen molar-refractivity contribution >= 4 is 23.4 Å². The van der Waals surface area contributed by atoms with Crippen LogP contribution in [-0.2, 0) is 13.0 Å². The number of fused-ring (bicyclic) bond motifs is 1. The lowest BCUT2D eigenvalue weighted by molar-refractivity contribution is 0.270. The van der Waals surface area contributed by atoms with Gasteiger partial charge in [0.05, 0.1) is 26.0 Å². The van der Waals surface area contributed by atoms with Crippen molar-refractivity contribution in [1.82, 2.24) is 15.0 Å². The number of aryl methyl sites for hydroxylation is 1. The Morgan fingerprint density at radius 2 is 2.20 bits per heavy atom. The second-order valence-corrected chi connectivity index (χ2v) is 6.47. The third-order valence-corrected chi connectivity index (χ3v) is 4.92. The van der Waals surface area contributed by atoms with Gasteiger partial charge in [-0.2, -0.15) is 4.98 Å². The number of anilines is 2. The third kappa shape index (κ3) is 3.09. The van der Waals surface area contributed by atoms with Crippen molar-refractivity contribution in [3.8, 4) is 5.75 Å². The quantitative estimate of drug-likeness (QED) is 0.785. The average molecular weight is 364 g/mol. The summed E-state index contributed by atoms with van der Waals surface area (Å²) in [4.78, 5) is 15.0. The highest BCUT2D eigenvalue weighted by atomic mass is 35.5. The zero-order chi connectivity index (χ0) is 18.1. The van der Waals surface area contributed by atoms with Crippen LogP contribution in [0.15, 0.2) is 6.20 Å². The van der Waals surface area contributed by atoms with Gasteiger partial charge in [0.1, 0.15) is 16.7 Å². The average Bonchev–Trinajstić information content (AvgIpc) is 2.94. The minimum absolute atomic E-state index is 0.0268. The van der Waals surface area contributed by atoms with Crippen molar-refractivity contribution in [2.24, 2.45) is 0 Å². The van der Waals surface area contributed by atoms with Gasteiger partial charge in [-0.3, -0.25) is 4.98 Å². The highest BCUT2D eigenvalue weighted by Crippen LogP contribution is 2.40. The molecule has 1 aliphatic rings. The summed E-state index contributed by atoms with van der Waals surface area (Å²) in [5.41, 5.74) is 9.48. The van der Waals surface area contributed by atoms with Gasteiger partial charge in [-0.25, -0.2) is 4.98 Å². The van der Waals surface area contributed by atoms with Crippen LogP contribution in [0.4, 0.5) is 11.8 Å². The first kappa shape index (κ1) is 17.7. The summed E-state index contributed by atoms with van der Waals surface area (Å²) in [6, 6.07) is 0. The molecule has 0 amide bonds. The van der Waals surface area contributed by atoms with Gasteiger partial charge < -0.3 is 20.5 Å². The van der Waals surface area contributed by atoms with Crippen LogP contribution in [0.5, 0.6) is 5.75 Å². The first-order valence-corrected chi connectivity index (χ1v) is 8.57. The maximum atomic E-state index is 9.69. The number of hydrogen-bond acceptors (Lipinski definition) is 7. The number of hydrogen-bond donors (Lipinski definition) is 2. The maximum Gasteiger partial charge on any atom is 0.223 e. The molecule has 2 aromatic rings. The van der Waals surface area contributed by atoms with Crippen molar-refractivity contribution in [2.75, 3.05) is 30.9 Å². The largest absolute Gasteiger partial charge is 0.496 e. The van der Waals surface area contributed by atoms with E-state index < -0.39 is 0 Å². The number of nitrogens with two attached hydrogens (primary N) is 1. The summed E-state index contributed by atoms with van der Waals surface area (Å²) in [5, 5.41) is 9.99. The first-order chi connectivity index (χ1) is 12.0. The number of nitrogen functional groups attached to an aromatic ring is 1. The number of methoxy groups -OCH3 is 1. The fourth-order valence-corrected chi connectivity index (χ4v) is 3.66. The molecule has 1 atom stereocenters. The normalized spacial score (nSPS) is 16.2. The molecule has 0 aliphatic carbocycles. The first-order valence-electron chi connectivity index (χ1n) is 8.20. The molecule has 25 heavy (non-hydrogen) atoms. The molecule has 3 heterocycles. The van der Waals surface area contributed by atoms with Gasteiger partial charge in [0, 0.05) is 35.3 Å². The molecular weight excluding hydrogens is 342 g/mol. The molecule has 7 nitrogen and oxygen atoms in total. The maximum absolute atomic E-state index is 9.69. The molecular formula is C17H22ClN5O2. The number of pyridine rings is 1.